The van der Waals surface area contributed by atoms with Crippen molar-refractivity contribution < 1.29 is 28.6 Å². The number of unbranched alkanes of at least 4 members (excludes halogenated alkanes) is 47. The van der Waals surface area contributed by atoms with Gasteiger partial charge in [-0.3, -0.25) is 14.4 Å². The van der Waals surface area contributed by atoms with E-state index in [4.69, 9.17) is 14.2 Å². The normalized spacial score (nSPS) is 12.0. The highest BCUT2D eigenvalue weighted by Gasteiger charge is 2.19. The monoisotopic (exact) mass is 1000 g/mol. The van der Waals surface area contributed by atoms with Crippen molar-refractivity contribution in [2.24, 2.45) is 0 Å². The van der Waals surface area contributed by atoms with Gasteiger partial charge in [0.05, 0.1) is 0 Å². The van der Waals surface area contributed by atoms with Crippen LogP contribution in [0.3, 0.4) is 0 Å². The molecule has 0 aromatic rings. The second kappa shape index (κ2) is 60.7. The van der Waals surface area contributed by atoms with Gasteiger partial charge < -0.3 is 14.2 Å². The van der Waals surface area contributed by atoms with Crippen molar-refractivity contribution in [2.45, 2.75) is 374 Å². The van der Waals surface area contributed by atoms with Gasteiger partial charge in [-0.1, -0.05) is 315 Å². The van der Waals surface area contributed by atoms with Crippen LogP contribution in [0.5, 0.6) is 0 Å². The average Bonchev–Trinajstić information content (AvgIpc) is 3.37. The number of hydrogen-bond donors (Lipinski definition) is 0. The smallest absolute Gasteiger partial charge is 0.306 e. The molecule has 420 valence electrons. The molecule has 0 aliphatic carbocycles. The molecule has 0 saturated carbocycles. The highest BCUT2D eigenvalue weighted by atomic mass is 16.6. The molecule has 0 spiro atoms. The van der Waals surface area contributed by atoms with E-state index in [1.54, 1.807) is 0 Å². The molecule has 0 radical (unpaired) electrons. The maximum Gasteiger partial charge on any atom is 0.306 e. The van der Waals surface area contributed by atoms with Crippen LogP contribution in [0.4, 0.5) is 0 Å². The van der Waals surface area contributed by atoms with Crippen LogP contribution in [-0.2, 0) is 28.6 Å². The maximum atomic E-state index is 12.8. The summed E-state index contributed by atoms with van der Waals surface area (Å²) in [5, 5.41) is 0. The maximum absolute atomic E-state index is 12.8. The average molecular weight is 1000 g/mol. The molecular weight excluding hydrogens is 877 g/mol. The summed E-state index contributed by atoms with van der Waals surface area (Å²) < 4.78 is 16.9. The quantitative estimate of drug-likeness (QED) is 0.0261. The van der Waals surface area contributed by atoms with E-state index in [-0.39, 0.29) is 31.1 Å². The molecular formula is C65H124O6. The van der Waals surface area contributed by atoms with Gasteiger partial charge in [0, 0.05) is 19.3 Å². The van der Waals surface area contributed by atoms with Crippen molar-refractivity contribution in [2.75, 3.05) is 13.2 Å². The molecule has 0 N–H and O–H groups in total. The van der Waals surface area contributed by atoms with E-state index in [0.29, 0.717) is 19.3 Å². The van der Waals surface area contributed by atoms with E-state index < -0.39 is 6.10 Å². The lowest BCUT2D eigenvalue weighted by atomic mass is 10.0. The van der Waals surface area contributed by atoms with Gasteiger partial charge in [-0.05, 0) is 44.9 Å². The molecule has 0 aromatic carbocycles. The van der Waals surface area contributed by atoms with Crippen molar-refractivity contribution in [1.82, 2.24) is 0 Å². The van der Waals surface area contributed by atoms with E-state index >= 15 is 0 Å². The fraction of sp³-hybridized carbons (Fsp3) is 0.923. The second-order valence-electron chi connectivity index (χ2n) is 22.0. The molecule has 0 rings (SSSR count). The van der Waals surface area contributed by atoms with Crippen LogP contribution in [0.25, 0.3) is 0 Å². The molecule has 0 saturated heterocycles. The third-order valence-corrected chi connectivity index (χ3v) is 14.8. The number of esters is 3. The zero-order valence-corrected chi connectivity index (χ0v) is 48.3. The summed E-state index contributed by atoms with van der Waals surface area (Å²) in [6.07, 6.45) is 70.9. The summed E-state index contributed by atoms with van der Waals surface area (Å²) in [4.78, 5) is 38.1. The molecule has 1 unspecified atom stereocenters. The Kier molecular flexibility index (Phi) is 59.1. The number of rotatable bonds is 60. The number of carbonyl (C=O) groups excluding carboxylic acids is 3. The Morgan fingerprint density at radius 2 is 0.465 bits per heavy atom. The van der Waals surface area contributed by atoms with Gasteiger partial charge >= 0.3 is 17.9 Å². The van der Waals surface area contributed by atoms with Crippen LogP contribution in [0.2, 0.25) is 0 Å². The predicted octanol–water partition coefficient (Wildman–Crippen LogP) is 21.7. The Morgan fingerprint density at radius 3 is 0.704 bits per heavy atom. The molecule has 71 heavy (non-hydrogen) atoms. The summed E-state index contributed by atoms with van der Waals surface area (Å²) >= 11 is 0. The summed E-state index contributed by atoms with van der Waals surface area (Å²) in [6, 6.07) is 0. The summed E-state index contributed by atoms with van der Waals surface area (Å²) in [5.74, 6) is -0.836. The van der Waals surface area contributed by atoms with Gasteiger partial charge in [-0.25, -0.2) is 0 Å². The SMILES string of the molecule is CCCCCCCCCC/C=C\CCCCCCCCCCCCCCCCCCCC(=O)OCC(COC(=O)CCCCCCCCCCCCCC)OC(=O)CCCCCCCCCCCCCC. The van der Waals surface area contributed by atoms with Gasteiger partial charge in [0.15, 0.2) is 6.10 Å². The lowest BCUT2D eigenvalue weighted by molar-refractivity contribution is -0.167. The molecule has 0 heterocycles. The van der Waals surface area contributed by atoms with Crippen LogP contribution in [0, 0.1) is 0 Å². The van der Waals surface area contributed by atoms with Crippen LogP contribution in [0.15, 0.2) is 12.2 Å². The minimum atomic E-state index is -0.763. The van der Waals surface area contributed by atoms with Crippen LogP contribution < -0.4 is 0 Å². The summed E-state index contributed by atoms with van der Waals surface area (Å²) in [7, 11) is 0. The predicted molar refractivity (Wildman–Crippen MR) is 307 cm³/mol. The van der Waals surface area contributed by atoms with E-state index in [2.05, 4.69) is 32.9 Å². The Labute approximate surface area is 443 Å². The number of ether oxygens (including phenoxy) is 3. The van der Waals surface area contributed by atoms with E-state index in [9.17, 15) is 14.4 Å². The molecule has 1 atom stereocenters. The van der Waals surface area contributed by atoms with Gasteiger partial charge in [-0.15, -0.1) is 0 Å². The first-order valence-corrected chi connectivity index (χ1v) is 32.2. The molecule has 0 amide bonds. The van der Waals surface area contributed by atoms with Crippen molar-refractivity contribution in [3.05, 3.63) is 12.2 Å². The molecule has 0 bridgehead atoms. The zero-order valence-electron chi connectivity index (χ0n) is 48.3. The topological polar surface area (TPSA) is 78.9 Å². The first kappa shape index (κ1) is 69.2. The first-order chi connectivity index (χ1) is 35.0. The largest absolute Gasteiger partial charge is 0.462 e. The lowest BCUT2D eigenvalue weighted by Crippen LogP contribution is -2.30. The molecule has 6 heteroatoms. The fourth-order valence-electron chi connectivity index (χ4n) is 9.91. The minimum absolute atomic E-state index is 0.0629. The summed E-state index contributed by atoms with van der Waals surface area (Å²) in [6.45, 7) is 6.69. The molecule has 0 aliphatic heterocycles. The number of carbonyl (C=O) groups is 3. The van der Waals surface area contributed by atoms with Gasteiger partial charge in [0.1, 0.15) is 13.2 Å². The molecule has 0 fully saturated rings. The third-order valence-electron chi connectivity index (χ3n) is 14.8. The molecule has 0 aliphatic rings. The standard InChI is InChI=1S/C65H124O6/c1-4-7-10-13-16-19-22-25-26-27-28-29-30-31-32-33-34-35-36-37-38-39-40-41-44-46-49-52-55-58-64(67)70-61-62(71-65(68)59-56-53-50-47-43-24-21-18-15-12-9-6-3)60-69-63(66)57-54-51-48-45-42-23-20-17-14-11-8-5-2/h27-28,62H,4-26,29-61H2,1-3H3/b28-27-. The van der Waals surface area contributed by atoms with Crippen molar-refractivity contribution in [3.63, 3.8) is 0 Å². The number of hydrogen-bond acceptors (Lipinski definition) is 6. The van der Waals surface area contributed by atoms with Crippen molar-refractivity contribution in [1.29, 1.82) is 0 Å². The lowest BCUT2D eigenvalue weighted by Gasteiger charge is -2.18. The highest BCUT2D eigenvalue weighted by Crippen LogP contribution is 2.18. The van der Waals surface area contributed by atoms with Gasteiger partial charge in [0.2, 0.25) is 0 Å². The summed E-state index contributed by atoms with van der Waals surface area (Å²) in [5.41, 5.74) is 0. The van der Waals surface area contributed by atoms with Crippen LogP contribution in [0.1, 0.15) is 367 Å². The van der Waals surface area contributed by atoms with E-state index in [1.165, 1.54) is 270 Å². The zero-order chi connectivity index (χ0) is 51.4. The third kappa shape index (κ3) is 58.9. The molecule has 0 aromatic heterocycles. The Bertz CT molecular complexity index is 1100. The Balaban J connectivity index is 4.07. The van der Waals surface area contributed by atoms with E-state index in [1.807, 2.05) is 0 Å². The first-order valence-electron chi connectivity index (χ1n) is 32.2. The Morgan fingerprint density at radius 1 is 0.268 bits per heavy atom. The highest BCUT2D eigenvalue weighted by molar-refractivity contribution is 5.71. The van der Waals surface area contributed by atoms with Gasteiger partial charge in [-0.2, -0.15) is 0 Å². The van der Waals surface area contributed by atoms with Gasteiger partial charge in [0.25, 0.3) is 0 Å². The van der Waals surface area contributed by atoms with Crippen molar-refractivity contribution in [3.8, 4) is 0 Å². The Hall–Kier alpha value is -1.85. The second-order valence-corrected chi connectivity index (χ2v) is 22.0. The van der Waals surface area contributed by atoms with Crippen LogP contribution in [-0.4, -0.2) is 37.2 Å². The van der Waals surface area contributed by atoms with Crippen molar-refractivity contribution >= 4 is 17.9 Å². The fourth-order valence-corrected chi connectivity index (χ4v) is 9.91. The van der Waals surface area contributed by atoms with Crippen LogP contribution >= 0.6 is 0 Å². The van der Waals surface area contributed by atoms with E-state index in [0.717, 1.165) is 57.8 Å². The minimum Gasteiger partial charge on any atom is -0.462 e. The number of allylic oxidation sites excluding steroid dienone is 2. The molecule has 6 nitrogen and oxygen atoms in total.